The minimum Gasteiger partial charge on any atom is -0.444 e. The quantitative estimate of drug-likeness (QED) is 0.780. The lowest BCUT2D eigenvalue weighted by Gasteiger charge is -2.19. The van der Waals surface area contributed by atoms with Crippen LogP contribution in [-0.2, 0) is 17.6 Å². The Morgan fingerprint density at radius 3 is 2.33 bits per heavy atom. The lowest BCUT2D eigenvalue weighted by molar-refractivity contribution is 0.0530. The summed E-state index contributed by atoms with van der Waals surface area (Å²) in [6, 6.07) is 0. The van der Waals surface area contributed by atoms with Gasteiger partial charge in [0.1, 0.15) is 5.60 Å². The van der Waals surface area contributed by atoms with Crippen molar-refractivity contribution in [3.05, 3.63) is 11.4 Å². The molecule has 0 saturated heterocycles. The molecule has 0 aromatic carbocycles. The van der Waals surface area contributed by atoms with Crippen LogP contribution in [0.1, 0.15) is 46.0 Å². The molecule has 7 heteroatoms. The van der Waals surface area contributed by atoms with Crippen LogP contribution in [0.5, 0.6) is 0 Å². The summed E-state index contributed by atoms with van der Waals surface area (Å²) in [5.74, 6) is 0.482. The first kappa shape index (κ1) is 17.1. The molecule has 1 heterocycles. The Labute approximate surface area is 125 Å². The molecule has 0 atom stereocenters. The van der Waals surface area contributed by atoms with Gasteiger partial charge in [-0.05, 0) is 33.6 Å². The fourth-order valence-corrected chi connectivity index (χ4v) is 1.67. The van der Waals surface area contributed by atoms with Gasteiger partial charge in [0.25, 0.3) is 0 Å². The third-order valence-corrected chi connectivity index (χ3v) is 2.59. The van der Waals surface area contributed by atoms with E-state index in [2.05, 4.69) is 25.8 Å². The van der Waals surface area contributed by atoms with Gasteiger partial charge in [-0.2, -0.15) is 5.10 Å². The number of carbonyl (C=O) groups is 1. The number of nitrogens with zero attached hydrogens (tertiary/aromatic N) is 3. The second-order valence-electron chi connectivity index (χ2n) is 5.59. The van der Waals surface area contributed by atoms with Crippen LogP contribution in [0.3, 0.4) is 0 Å². The van der Waals surface area contributed by atoms with Crippen LogP contribution >= 0.6 is 0 Å². The van der Waals surface area contributed by atoms with Crippen LogP contribution in [0.4, 0.5) is 10.7 Å². The first-order valence-electron chi connectivity index (χ1n) is 7.29. The largest absolute Gasteiger partial charge is 0.444 e. The Morgan fingerprint density at radius 1 is 1.10 bits per heavy atom. The van der Waals surface area contributed by atoms with Gasteiger partial charge in [0.05, 0.1) is 11.4 Å². The van der Waals surface area contributed by atoms with Gasteiger partial charge >= 0.3 is 6.09 Å². The van der Waals surface area contributed by atoms with Gasteiger partial charge in [0.15, 0.2) is 0 Å². The Morgan fingerprint density at radius 2 is 1.76 bits per heavy atom. The first-order chi connectivity index (χ1) is 9.85. The van der Waals surface area contributed by atoms with Gasteiger partial charge in [-0.25, -0.2) is 9.78 Å². The van der Waals surface area contributed by atoms with Gasteiger partial charge < -0.3 is 15.4 Å². The SMILES string of the molecule is CCc1nnc(NCCNC(=O)OC(C)(C)C)nc1CC. The molecule has 0 aliphatic carbocycles. The predicted octanol–water partition coefficient (Wildman–Crippen LogP) is 1.93. The zero-order valence-electron chi connectivity index (χ0n) is 13.5. The van der Waals surface area contributed by atoms with Crippen LogP contribution in [0, 0.1) is 0 Å². The summed E-state index contributed by atoms with van der Waals surface area (Å²) in [4.78, 5) is 15.9. The molecule has 21 heavy (non-hydrogen) atoms. The number of amides is 1. The molecule has 0 spiro atoms. The number of carbonyl (C=O) groups excluding carboxylic acids is 1. The number of aromatic nitrogens is 3. The highest BCUT2D eigenvalue weighted by atomic mass is 16.6. The standard InChI is InChI=1S/C14H25N5O2/c1-6-10-11(7-2)18-19-12(17-10)15-8-9-16-13(20)21-14(3,4)5/h6-9H2,1-5H3,(H,16,20)(H,15,17,19). The minimum absolute atomic E-state index is 0.426. The minimum atomic E-state index is -0.490. The van der Waals surface area contributed by atoms with E-state index in [1.54, 1.807) is 0 Å². The second kappa shape index (κ2) is 7.75. The van der Waals surface area contributed by atoms with Gasteiger partial charge in [-0.15, -0.1) is 5.10 Å². The molecule has 1 rings (SSSR count). The van der Waals surface area contributed by atoms with Crippen molar-refractivity contribution in [2.75, 3.05) is 18.4 Å². The van der Waals surface area contributed by atoms with Crippen LogP contribution in [0.15, 0.2) is 0 Å². The van der Waals surface area contributed by atoms with E-state index >= 15 is 0 Å². The van der Waals surface area contributed by atoms with Crippen LogP contribution in [0.25, 0.3) is 0 Å². The molecule has 0 saturated carbocycles. The summed E-state index contributed by atoms with van der Waals surface area (Å²) >= 11 is 0. The lowest BCUT2D eigenvalue weighted by atomic mass is 10.2. The molecule has 1 amide bonds. The number of nitrogens with one attached hydrogen (secondary N) is 2. The molecular weight excluding hydrogens is 270 g/mol. The fraction of sp³-hybridized carbons (Fsp3) is 0.714. The summed E-state index contributed by atoms with van der Waals surface area (Å²) in [5, 5.41) is 13.9. The summed E-state index contributed by atoms with van der Waals surface area (Å²) in [5.41, 5.74) is 1.39. The average Bonchev–Trinajstić information content (AvgIpc) is 2.41. The third-order valence-electron chi connectivity index (χ3n) is 2.59. The molecule has 2 N–H and O–H groups in total. The molecule has 1 aromatic heterocycles. The van der Waals surface area contributed by atoms with Crippen molar-refractivity contribution in [2.45, 2.75) is 53.1 Å². The highest BCUT2D eigenvalue weighted by molar-refractivity contribution is 5.67. The van der Waals surface area contributed by atoms with E-state index in [4.69, 9.17) is 4.74 Å². The van der Waals surface area contributed by atoms with Crippen molar-refractivity contribution in [2.24, 2.45) is 0 Å². The number of aryl methyl sites for hydroxylation is 2. The van der Waals surface area contributed by atoms with E-state index in [1.807, 2.05) is 34.6 Å². The smallest absolute Gasteiger partial charge is 0.407 e. The zero-order chi connectivity index (χ0) is 15.9. The Balaban J connectivity index is 2.38. The molecule has 0 bridgehead atoms. The summed E-state index contributed by atoms with van der Waals surface area (Å²) in [6.45, 7) is 10.5. The number of ether oxygens (including phenoxy) is 1. The van der Waals surface area contributed by atoms with Gasteiger partial charge in [-0.3, -0.25) is 0 Å². The second-order valence-corrected chi connectivity index (χ2v) is 5.59. The molecule has 0 radical (unpaired) electrons. The van der Waals surface area contributed by atoms with Crippen molar-refractivity contribution in [3.63, 3.8) is 0 Å². The maximum atomic E-state index is 11.4. The topological polar surface area (TPSA) is 89.0 Å². The molecule has 118 valence electrons. The van der Waals surface area contributed by atoms with E-state index in [0.717, 1.165) is 24.2 Å². The molecule has 0 aliphatic rings. The number of hydrogen-bond acceptors (Lipinski definition) is 6. The van der Waals surface area contributed by atoms with Gasteiger partial charge in [0.2, 0.25) is 5.95 Å². The molecular formula is C14H25N5O2. The monoisotopic (exact) mass is 295 g/mol. The number of hydrogen-bond donors (Lipinski definition) is 2. The number of alkyl carbamates (subject to hydrolysis) is 1. The molecule has 7 nitrogen and oxygen atoms in total. The first-order valence-corrected chi connectivity index (χ1v) is 7.29. The number of rotatable bonds is 6. The molecule has 1 aromatic rings. The molecule has 0 fully saturated rings. The number of anilines is 1. The van der Waals surface area contributed by atoms with Crippen LogP contribution in [0.2, 0.25) is 0 Å². The van der Waals surface area contributed by atoms with Gasteiger partial charge in [0, 0.05) is 13.1 Å². The molecule has 0 aliphatic heterocycles. The van der Waals surface area contributed by atoms with Crippen LogP contribution in [-0.4, -0.2) is 40.0 Å². The Hall–Kier alpha value is -1.92. The lowest BCUT2D eigenvalue weighted by Crippen LogP contribution is -2.35. The summed E-state index contributed by atoms with van der Waals surface area (Å²) < 4.78 is 5.14. The van der Waals surface area contributed by atoms with E-state index in [1.165, 1.54) is 0 Å². The van der Waals surface area contributed by atoms with Crippen molar-refractivity contribution >= 4 is 12.0 Å². The Bertz CT molecular complexity index is 471. The van der Waals surface area contributed by atoms with Crippen molar-refractivity contribution in [1.82, 2.24) is 20.5 Å². The van der Waals surface area contributed by atoms with Crippen molar-refractivity contribution < 1.29 is 9.53 Å². The summed E-state index contributed by atoms with van der Waals surface area (Å²) in [6.07, 6.45) is 1.21. The highest BCUT2D eigenvalue weighted by Crippen LogP contribution is 2.07. The van der Waals surface area contributed by atoms with Crippen molar-refractivity contribution in [3.8, 4) is 0 Å². The van der Waals surface area contributed by atoms with E-state index in [0.29, 0.717) is 19.0 Å². The van der Waals surface area contributed by atoms with Crippen molar-refractivity contribution in [1.29, 1.82) is 0 Å². The zero-order valence-corrected chi connectivity index (χ0v) is 13.5. The normalized spacial score (nSPS) is 11.1. The van der Waals surface area contributed by atoms with E-state index < -0.39 is 11.7 Å². The maximum Gasteiger partial charge on any atom is 0.407 e. The van der Waals surface area contributed by atoms with E-state index in [9.17, 15) is 4.79 Å². The maximum absolute atomic E-state index is 11.4. The fourth-order valence-electron chi connectivity index (χ4n) is 1.67. The Kier molecular flexibility index (Phi) is 6.33. The highest BCUT2D eigenvalue weighted by Gasteiger charge is 2.15. The van der Waals surface area contributed by atoms with E-state index in [-0.39, 0.29) is 0 Å². The van der Waals surface area contributed by atoms with Gasteiger partial charge in [-0.1, -0.05) is 13.8 Å². The third kappa shape index (κ3) is 6.37. The van der Waals surface area contributed by atoms with Crippen LogP contribution < -0.4 is 10.6 Å². The average molecular weight is 295 g/mol. The summed E-state index contributed by atoms with van der Waals surface area (Å²) in [7, 11) is 0. The predicted molar refractivity (Wildman–Crippen MR) is 81.3 cm³/mol. The molecule has 0 unspecified atom stereocenters.